The lowest BCUT2D eigenvalue weighted by molar-refractivity contribution is -0.355. The van der Waals surface area contributed by atoms with Gasteiger partial charge in [0.05, 0.1) is 6.61 Å². The Bertz CT molecular complexity index is 439. The molecule has 0 N–H and O–H groups in total. The summed E-state index contributed by atoms with van der Waals surface area (Å²) in [7, 11) is 0. The molecular formula is C17H27F7O2S. The van der Waals surface area contributed by atoms with Gasteiger partial charge in [-0.2, -0.15) is 30.7 Å². The fourth-order valence-corrected chi connectivity index (χ4v) is 3.21. The minimum Gasteiger partial charge on any atom is -0.465 e. The maximum Gasteiger partial charge on any atom is 0.459 e. The molecule has 0 saturated carbocycles. The van der Waals surface area contributed by atoms with E-state index in [2.05, 4.69) is 0 Å². The highest BCUT2D eigenvalue weighted by molar-refractivity contribution is 8.00. The predicted molar refractivity (Wildman–Crippen MR) is 91.4 cm³/mol. The van der Waals surface area contributed by atoms with Gasteiger partial charge in [-0.15, -0.1) is 11.8 Å². The van der Waals surface area contributed by atoms with Crippen LogP contribution < -0.4 is 0 Å². The standard InChI is InChI=1S/C17H27F7O2S/c1-4-5-6-8-13(14(25)26-11-12(2)3)27-10-7-9-15(18,19)16(20,21)17(22,23)24/h12-13H,4-11H2,1-3H3. The van der Waals surface area contributed by atoms with E-state index in [1.165, 1.54) is 0 Å². The molecule has 0 saturated heterocycles. The van der Waals surface area contributed by atoms with E-state index in [1.54, 1.807) is 0 Å². The third kappa shape index (κ3) is 8.91. The molecule has 27 heavy (non-hydrogen) atoms. The zero-order valence-corrected chi connectivity index (χ0v) is 16.5. The molecule has 10 heteroatoms. The summed E-state index contributed by atoms with van der Waals surface area (Å²) in [6, 6.07) is 0. The number of carbonyl (C=O) groups is 1. The molecule has 1 unspecified atom stereocenters. The zero-order chi connectivity index (χ0) is 21.3. The van der Waals surface area contributed by atoms with Crippen molar-refractivity contribution in [3.63, 3.8) is 0 Å². The summed E-state index contributed by atoms with van der Waals surface area (Å²) >= 11 is 0.957. The van der Waals surface area contributed by atoms with Gasteiger partial charge in [0.25, 0.3) is 0 Å². The van der Waals surface area contributed by atoms with E-state index in [-0.39, 0.29) is 18.3 Å². The molecule has 0 spiro atoms. The number of ether oxygens (including phenoxy) is 1. The summed E-state index contributed by atoms with van der Waals surface area (Å²) < 4.78 is 93.6. The summed E-state index contributed by atoms with van der Waals surface area (Å²) in [6.07, 6.45) is -5.62. The first-order chi connectivity index (χ1) is 12.3. The van der Waals surface area contributed by atoms with Gasteiger partial charge in [-0.05, 0) is 24.5 Å². The highest BCUT2D eigenvalue weighted by atomic mass is 32.2. The quantitative estimate of drug-likeness (QED) is 0.191. The Morgan fingerprint density at radius 3 is 2.07 bits per heavy atom. The van der Waals surface area contributed by atoms with Crippen molar-refractivity contribution >= 4 is 17.7 Å². The maximum atomic E-state index is 13.3. The van der Waals surface area contributed by atoms with Crippen molar-refractivity contribution in [2.45, 2.75) is 82.6 Å². The Kier molecular flexibility index (Phi) is 11.1. The van der Waals surface area contributed by atoms with E-state index in [9.17, 15) is 35.5 Å². The van der Waals surface area contributed by atoms with Crippen molar-refractivity contribution in [3.8, 4) is 0 Å². The van der Waals surface area contributed by atoms with Crippen LogP contribution >= 0.6 is 11.8 Å². The van der Waals surface area contributed by atoms with Gasteiger partial charge in [0.2, 0.25) is 0 Å². The van der Waals surface area contributed by atoms with Gasteiger partial charge in [0, 0.05) is 6.42 Å². The topological polar surface area (TPSA) is 26.3 Å². The number of halogens is 7. The Morgan fingerprint density at radius 1 is 1.00 bits per heavy atom. The number of esters is 1. The van der Waals surface area contributed by atoms with Crippen molar-refractivity contribution in [3.05, 3.63) is 0 Å². The molecule has 2 nitrogen and oxygen atoms in total. The maximum absolute atomic E-state index is 13.3. The van der Waals surface area contributed by atoms with Gasteiger partial charge in [-0.3, -0.25) is 4.79 Å². The molecule has 0 aromatic heterocycles. The first kappa shape index (κ1) is 26.3. The smallest absolute Gasteiger partial charge is 0.459 e. The summed E-state index contributed by atoms with van der Waals surface area (Å²) in [6.45, 7) is 5.84. The average Bonchev–Trinajstić information content (AvgIpc) is 2.53. The number of thioether (sulfide) groups is 1. The van der Waals surface area contributed by atoms with E-state index >= 15 is 0 Å². The second-order valence-corrected chi connectivity index (χ2v) is 8.07. The molecule has 0 aromatic rings. The molecule has 0 radical (unpaired) electrons. The van der Waals surface area contributed by atoms with Gasteiger partial charge in [0.1, 0.15) is 5.25 Å². The Morgan fingerprint density at radius 2 is 1.59 bits per heavy atom. The number of alkyl halides is 7. The molecule has 0 aliphatic carbocycles. The summed E-state index contributed by atoms with van der Waals surface area (Å²) in [4.78, 5) is 12.1. The second-order valence-electron chi connectivity index (χ2n) is 6.76. The molecule has 1 atom stereocenters. The Balaban J connectivity index is 4.63. The van der Waals surface area contributed by atoms with Crippen LogP contribution in [0.1, 0.15) is 59.3 Å². The van der Waals surface area contributed by atoms with Crippen molar-refractivity contribution in [2.24, 2.45) is 5.92 Å². The van der Waals surface area contributed by atoms with Crippen molar-refractivity contribution in [1.29, 1.82) is 0 Å². The fourth-order valence-electron chi connectivity index (χ4n) is 2.07. The van der Waals surface area contributed by atoms with E-state index in [4.69, 9.17) is 4.74 Å². The third-order valence-corrected chi connectivity index (χ3v) is 5.02. The Hall–Kier alpha value is -0.670. The van der Waals surface area contributed by atoms with Crippen molar-refractivity contribution < 1.29 is 40.3 Å². The van der Waals surface area contributed by atoms with Crippen molar-refractivity contribution in [2.75, 3.05) is 12.4 Å². The number of carbonyl (C=O) groups excluding carboxylic acids is 1. The van der Waals surface area contributed by atoms with Crippen LogP contribution in [0.5, 0.6) is 0 Å². The third-order valence-electron chi connectivity index (χ3n) is 3.66. The van der Waals surface area contributed by atoms with E-state index in [1.807, 2.05) is 20.8 Å². The number of rotatable bonds is 13. The largest absolute Gasteiger partial charge is 0.465 e. The van der Waals surface area contributed by atoms with Crippen LogP contribution in [0.3, 0.4) is 0 Å². The van der Waals surface area contributed by atoms with E-state index < -0.39 is 42.1 Å². The van der Waals surface area contributed by atoms with Gasteiger partial charge in [-0.1, -0.05) is 40.0 Å². The summed E-state index contributed by atoms with van der Waals surface area (Å²) in [5.74, 6) is -11.8. The van der Waals surface area contributed by atoms with Crippen LogP contribution in [0, 0.1) is 5.92 Å². The summed E-state index contributed by atoms with van der Waals surface area (Å²) in [5, 5.41) is -0.646. The lowest BCUT2D eigenvalue weighted by Crippen LogP contribution is -2.51. The van der Waals surface area contributed by atoms with Gasteiger partial charge >= 0.3 is 24.0 Å². The average molecular weight is 428 g/mol. The molecule has 162 valence electrons. The molecule has 0 aliphatic heterocycles. The molecule has 0 rings (SSSR count). The van der Waals surface area contributed by atoms with E-state index in [0.717, 1.165) is 24.6 Å². The first-order valence-corrected chi connectivity index (χ1v) is 9.91. The highest BCUT2D eigenvalue weighted by Crippen LogP contribution is 2.48. The zero-order valence-electron chi connectivity index (χ0n) is 15.7. The minimum atomic E-state index is -6.31. The number of hydrogen-bond donors (Lipinski definition) is 0. The highest BCUT2D eigenvalue weighted by Gasteiger charge is 2.72. The van der Waals surface area contributed by atoms with E-state index in [0.29, 0.717) is 12.8 Å². The van der Waals surface area contributed by atoms with Crippen LogP contribution in [-0.4, -0.2) is 41.6 Å². The normalized spacial score (nSPS) is 14.5. The van der Waals surface area contributed by atoms with Crippen LogP contribution in [0.4, 0.5) is 30.7 Å². The minimum absolute atomic E-state index is 0.110. The Labute approximate surface area is 159 Å². The van der Waals surface area contributed by atoms with Crippen LogP contribution in [0.15, 0.2) is 0 Å². The first-order valence-electron chi connectivity index (χ1n) is 8.86. The SMILES string of the molecule is CCCCCC(SCCCC(F)(F)C(F)(F)C(F)(F)F)C(=O)OCC(C)C. The molecular weight excluding hydrogens is 401 g/mol. The summed E-state index contributed by atoms with van der Waals surface area (Å²) in [5.41, 5.74) is 0. The van der Waals surface area contributed by atoms with Gasteiger partial charge in [0.15, 0.2) is 0 Å². The predicted octanol–water partition coefficient (Wildman–Crippen LogP) is 6.48. The second kappa shape index (κ2) is 11.4. The monoisotopic (exact) mass is 428 g/mol. The van der Waals surface area contributed by atoms with Crippen LogP contribution in [0.25, 0.3) is 0 Å². The molecule has 0 fully saturated rings. The lowest BCUT2D eigenvalue weighted by atomic mass is 10.1. The van der Waals surface area contributed by atoms with Crippen molar-refractivity contribution in [1.82, 2.24) is 0 Å². The van der Waals surface area contributed by atoms with Crippen LogP contribution in [-0.2, 0) is 9.53 Å². The lowest BCUT2D eigenvalue weighted by Gasteiger charge is -2.28. The number of unbranched alkanes of at least 4 members (excludes halogenated alkanes) is 2. The molecule has 0 amide bonds. The number of hydrogen-bond acceptors (Lipinski definition) is 3. The van der Waals surface area contributed by atoms with Crippen LogP contribution in [0.2, 0.25) is 0 Å². The van der Waals surface area contributed by atoms with Gasteiger partial charge < -0.3 is 4.74 Å². The fraction of sp³-hybridized carbons (Fsp3) is 0.941. The molecule has 0 heterocycles. The van der Waals surface area contributed by atoms with Gasteiger partial charge in [-0.25, -0.2) is 0 Å². The molecule has 0 aliphatic rings. The molecule has 0 bridgehead atoms. The molecule has 0 aromatic carbocycles.